The van der Waals surface area contributed by atoms with Crippen LogP contribution in [0.1, 0.15) is 11.1 Å². The molecule has 0 amide bonds. The topological polar surface area (TPSA) is 0 Å². The minimum absolute atomic E-state index is 0.891. The van der Waals surface area contributed by atoms with Crippen molar-refractivity contribution in [1.29, 1.82) is 0 Å². The van der Waals surface area contributed by atoms with Crippen molar-refractivity contribution < 1.29 is 0 Å². The van der Waals surface area contributed by atoms with Gasteiger partial charge < -0.3 is 0 Å². The van der Waals surface area contributed by atoms with Gasteiger partial charge in [-0.1, -0.05) is 74.3 Å². The Labute approximate surface area is 123 Å². The minimum atomic E-state index is 0.891. The summed E-state index contributed by atoms with van der Waals surface area (Å²) in [4.78, 5) is 0. The summed E-state index contributed by atoms with van der Waals surface area (Å²) in [5, 5.41) is 7.12. The van der Waals surface area contributed by atoms with Gasteiger partial charge in [0.2, 0.25) is 0 Å². The molecule has 0 atom stereocenters. The van der Waals surface area contributed by atoms with Crippen LogP contribution in [0.2, 0.25) is 0 Å². The van der Waals surface area contributed by atoms with E-state index >= 15 is 0 Å². The maximum atomic E-state index is 3.59. The standard InChI is InChI=1S/C16H12Br2/c17-9-11-4-5-12-6-7-13-2-1-3-14(10-18)16(13)15(12)8-11/h1-8H,9-10H2. The number of hydrogen-bond acceptors (Lipinski definition) is 0. The van der Waals surface area contributed by atoms with Crippen LogP contribution in [0.5, 0.6) is 0 Å². The molecule has 3 aromatic rings. The van der Waals surface area contributed by atoms with Crippen molar-refractivity contribution >= 4 is 53.4 Å². The summed E-state index contributed by atoms with van der Waals surface area (Å²) in [6, 6.07) is 17.6. The fourth-order valence-electron chi connectivity index (χ4n) is 2.43. The molecule has 0 aliphatic heterocycles. The van der Waals surface area contributed by atoms with Gasteiger partial charge in [-0.25, -0.2) is 0 Å². The Hall–Kier alpha value is -0.860. The number of hydrogen-bond donors (Lipinski definition) is 0. The Bertz CT molecular complexity index is 717. The van der Waals surface area contributed by atoms with E-state index in [4.69, 9.17) is 0 Å². The van der Waals surface area contributed by atoms with Crippen molar-refractivity contribution in [2.24, 2.45) is 0 Å². The van der Waals surface area contributed by atoms with Gasteiger partial charge >= 0.3 is 0 Å². The summed E-state index contributed by atoms with van der Waals surface area (Å²) in [6.07, 6.45) is 0. The molecule has 0 heterocycles. The molecule has 0 bridgehead atoms. The Morgan fingerprint density at radius 1 is 0.778 bits per heavy atom. The lowest BCUT2D eigenvalue weighted by molar-refractivity contribution is 1.46. The van der Waals surface area contributed by atoms with E-state index in [9.17, 15) is 0 Å². The fourth-order valence-corrected chi connectivity index (χ4v) is 3.24. The molecule has 0 aromatic heterocycles. The van der Waals surface area contributed by atoms with Crippen molar-refractivity contribution in [2.45, 2.75) is 10.7 Å². The summed E-state index contributed by atoms with van der Waals surface area (Å²) in [5.41, 5.74) is 2.67. The molecule has 0 aliphatic rings. The number of benzene rings is 3. The first-order valence-electron chi connectivity index (χ1n) is 5.88. The Balaban J connectivity index is 2.49. The quantitative estimate of drug-likeness (QED) is 0.399. The molecule has 0 N–H and O–H groups in total. The second-order valence-corrected chi connectivity index (χ2v) is 5.53. The highest BCUT2D eigenvalue weighted by atomic mass is 79.9. The monoisotopic (exact) mass is 362 g/mol. The normalized spacial score (nSPS) is 11.2. The van der Waals surface area contributed by atoms with Crippen LogP contribution in [0.3, 0.4) is 0 Å². The predicted molar refractivity (Wildman–Crippen MR) is 86.7 cm³/mol. The lowest BCUT2D eigenvalue weighted by Crippen LogP contribution is -1.86. The molecule has 0 radical (unpaired) electrons. The van der Waals surface area contributed by atoms with Gasteiger partial charge in [0.05, 0.1) is 0 Å². The molecule has 0 aliphatic carbocycles. The van der Waals surface area contributed by atoms with Crippen LogP contribution in [-0.4, -0.2) is 0 Å². The first kappa shape index (κ1) is 12.2. The molecule has 0 fully saturated rings. The molecular formula is C16H12Br2. The maximum Gasteiger partial charge on any atom is 0.0289 e. The number of alkyl halides is 2. The van der Waals surface area contributed by atoms with E-state index in [1.165, 1.54) is 32.7 Å². The van der Waals surface area contributed by atoms with Crippen LogP contribution in [0.15, 0.2) is 48.5 Å². The average molecular weight is 364 g/mol. The number of rotatable bonds is 2. The van der Waals surface area contributed by atoms with E-state index in [2.05, 4.69) is 80.4 Å². The van der Waals surface area contributed by atoms with Crippen molar-refractivity contribution in [1.82, 2.24) is 0 Å². The van der Waals surface area contributed by atoms with Crippen LogP contribution in [0.4, 0.5) is 0 Å². The largest absolute Gasteiger partial charge is 0.0876 e. The Morgan fingerprint density at radius 2 is 1.56 bits per heavy atom. The van der Waals surface area contributed by atoms with Gasteiger partial charge in [0.1, 0.15) is 0 Å². The van der Waals surface area contributed by atoms with Crippen molar-refractivity contribution in [2.75, 3.05) is 0 Å². The summed E-state index contributed by atoms with van der Waals surface area (Å²) in [6.45, 7) is 0. The molecule has 3 rings (SSSR count). The van der Waals surface area contributed by atoms with Crippen LogP contribution in [0.25, 0.3) is 21.5 Å². The van der Waals surface area contributed by atoms with Gasteiger partial charge in [0.15, 0.2) is 0 Å². The first-order valence-corrected chi connectivity index (χ1v) is 8.13. The molecular weight excluding hydrogens is 352 g/mol. The third-order valence-electron chi connectivity index (χ3n) is 3.31. The van der Waals surface area contributed by atoms with E-state index in [1.807, 2.05) is 0 Å². The highest BCUT2D eigenvalue weighted by molar-refractivity contribution is 9.08. The van der Waals surface area contributed by atoms with Crippen LogP contribution < -0.4 is 0 Å². The number of fused-ring (bicyclic) bond motifs is 3. The van der Waals surface area contributed by atoms with Crippen LogP contribution >= 0.6 is 31.9 Å². The Kier molecular flexibility index (Phi) is 3.40. The van der Waals surface area contributed by atoms with Gasteiger partial charge in [-0.05, 0) is 38.7 Å². The lowest BCUT2D eigenvalue weighted by Gasteiger charge is -2.09. The van der Waals surface area contributed by atoms with Crippen molar-refractivity contribution in [3.05, 3.63) is 59.7 Å². The van der Waals surface area contributed by atoms with Crippen LogP contribution in [-0.2, 0) is 10.7 Å². The lowest BCUT2D eigenvalue weighted by atomic mass is 9.97. The van der Waals surface area contributed by atoms with E-state index in [0.29, 0.717) is 0 Å². The van der Waals surface area contributed by atoms with Gasteiger partial charge in [0.25, 0.3) is 0 Å². The fraction of sp³-hybridized carbons (Fsp3) is 0.125. The zero-order valence-corrected chi connectivity index (χ0v) is 13.0. The molecule has 90 valence electrons. The maximum absolute atomic E-state index is 3.59. The summed E-state index contributed by atoms with van der Waals surface area (Å²) in [7, 11) is 0. The number of halogens is 2. The molecule has 0 nitrogen and oxygen atoms in total. The molecule has 0 spiro atoms. The van der Waals surface area contributed by atoms with Crippen LogP contribution in [0, 0.1) is 0 Å². The Morgan fingerprint density at radius 3 is 2.33 bits per heavy atom. The summed E-state index contributed by atoms with van der Waals surface area (Å²) >= 11 is 7.12. The van der Waals surface area contributed by atoms with Gasteiger partial charge in [0, 0.05) is 10.7 Å². The highest BCUT2D eigenvalue weighted by Crippen LogP contribution is 2.30. The molecule has 2 heteroatoms. The average Bonchev–Trinajstić information content (AvgIpc) is 2.45. The molecule has 3 aromatic carbocycles. The van der Waals surface area contributed by atoms with E-state index in [1.54, 1.807) is 0 Å². The van der Waals surface area contributed by atoms with Crippen molar-refractivity contribution in [3.8, 4) is 0 Å². The zero-order chi connectivity index (χ0) is 12.5. The van der Waals surface area contributed by atoms with Gasteiger partial charge in [-0.2, -0.15) is 0 Å². The van der Waals surface area contributed by atoms with Gasteiger partial charge in [-0.15, -0.1) is 0 Å². The highest BCUT2D eigenvalue weighted by Gasteiger charge is 2.05. The molecule has 18 heavy (non-hydrogen) atoms. The second-order valence-electron chi connectivity index (χ2n) is 4.40. The third-order valence-corrected chi connectivity index (χ3v) is 4.56. The smallest absolute Gasteiger partial charge is 0.0289 e. The molecule has 0 saturated heterocycles. The van der Waals surface area contributed by atoms with Gasteiger partial charge in [-0.3, -0.25) is 0 Å². The summed E-state index contributed by atoms with van der Waals surface area (Å²) < 4.78 is 0. The third kappa shape index (κ3) is 1.98. The molecule has 0 saturated carbocycles. The SMILES string of the molecule is BrCc1ccc2ccc3cccc(CBr)c3c2c1. The molecule has 0 unspecified atom stereocenters. The van der Waals surface area contributed by atoms with E-state index in [-0.39, 0.29) is 0 Å². The summed E-state index contributed by atoms with van der Waals surface area (Å²) in [5.74, 6) is 0. The zero-order valence-electron chi connectivity index (χ0n) is 9.79. The first-order chi connectivity index (χ1) is 8.83. The predicted octanol–water partition coefficient (Wildman–Crippen LogP) is 5.78. The van der Waals surface area contributed by atoms with E-state index in [0.717, 1.165) is 10.7 Å². The minimum Gasteiger partial charge on any atom is -0.0876 e. The second kappa shape index (κ2) is 5.02. The van der Waals surface area contributed by atoms with Crippen molar-refractivity contribution in [3.63, 3.8) is 0 Å². The van der Waals surface area contributed by atoms with E-state index < -0.39 is 0 Å².